The second-order valence-corrected chi connectivity index (χ2v) is 6.39. The van der Waals surface area contributed by atoms with E-state index in [2.05, 4.69) is 10.6 Å². The van der Waals surface area contributed by atoms with Gasteiger partial charge in [-0.15, -0.1) is 0 Å². The van der Waals surface area contributed by atoms with Crippen molar-refractivity contribution in [2.24, 2.45) is 0 Å². The van der Waals surface area contributed by atoms with Crippen molar-refractivity contribution >= 4 is 40.5 Å². The predicted molar refractivity (Wildman–Crippen MR) is 103 cm³/mol. The Morgan fingerprint density at radius 3 is 2.54 bits per heavy atom. The summed E-state index contributed by atoms with van der Waals surface area (Å²) in [6.07, 6.45) is 1.25. The molecule has 0 unspecified atom stereocenters. The lowest BCUT2D eigenvalue weighted by Gasteiger charge is -2.16. The largest absolute Gasteiger partial charge is 0.318 e. The maximum Gasteiger partial charge on any atom is 0.314 e. The fourth-order valence-electron chi connectivity index (χ4n) is 2.94. The minimum Gasteiger partial charge on any atom is -0.318 e. The second kappa shape index (κ2) is 7.87. The summed E-state index contributed by atoms with van der Waals surface area (Å²) in [6, 6.07) is 10.9. The Balaban J connectivity index is 1.71. The average Bonchev–Trinajstić information content (AvgIpc) is 3.09. The monoisotopic (exact) mass is 382 g/mol. The zero-order chi connectivity index (χ0) is 20.3. The lowest BCUT2D eigenvalue weighted by Crippen LogP contribution is -2.29. The van der Waals surface area contributed by atoms with Crippen molar-refractivity contribution in [2.45, 2.75) is 19.8 Å². The molecule has 0 aliphatic carbocycles. The molecule has 0 saturated carbocycles. The molecule has 1 fully saturated rings. The number of carbonyl (C=O) groups excluding carboxylic acids is 3. The first-order valence-corrected chi connectivity index (χ1v) is 8.63. The lowest BCUT2D eigenvalue weighted by atomic mass is 10.2. The Morgan fingerprint density at radius 2 is 1.86 bits per heavy atom. The number of rotatable bonds is 4. The van der Waals surface area contributed by atoms with E-state index in [9.17, 15) is 24.5 Å². The number of nitrogens with zero attached hydrogens (tertiary/aromatic N) is 2. The minimum absolute atomic E-state index is 0.00731. The number of carbonyl (C=O) groups is 3. The number of nitro groups is 1. The summed E-state index contributed by atoms with van der Waals surface area (Å²) in [6.45, 7) is 2.29. The highest BCUT2D eigenvalue weighted by molar-refractivity contribution is 6.43. The van der Waals surface area contributed by atoms with Crippen LogP contribution in [0.2, 0.25) is 0 Å². The van der Waals surface area contributed by atoms with E-state index >= 15 is 0 Å². The molecule has 0 aromatic heterocycles. The molecule has 0 bridgehead atoms. The number of hydrogen-bond acceptors (Lipinski definition) is 5. The summed E-state index contributed by atoms with van der Waals surface area (Å²) in [4.78, 5) is 48.3. The maximum absolute atomic E-state index is 12.2. The number of aryl methyl sites for hydroxylation is 1. The van der Waals surface area contributed by atoms with Gasteiger partial charge in [-0.1, -0.05) is 12.1 Å². The van der Waals surface area contributed by atoms with Crippen LogP contribution < -0.4 is 15.5 Å². The van der Waals surface area contributed by atoms with E-state index in [1.807, 2.05) is 0 Å². The van der Waals surface area contributed by atoms with Crippen molar-refractivity contribution < 1.29 is 19.3 Å². The molecule has 3 amide bonds. The number of benzene rings is 2. The van der Waals surface area contributed by atoms with E-state index in [1.165, 1.54) is 12.1 Å². The molecule has 0 radical (unpaired) electrons. The molecule has 0 atom stereocenters. The Bertz CT molecular complexity index is 973. The molecular weight excluding hydrogens is 364 g/mol. The minimum atomic E-state index is -1.03. The van der Waals surface area contributed by atoms with Crippen LogP contribution in [-0.2, 0) is 14.4 Å². The van der Waals surface area contributed by atoms with Gasteiger partial charge < -0.3 is 15.5 Å². The van der Waals surface area contributed by atoms with Crippen LogP contribution in [0.15, 0.2) is 42.5 Å². The summed E-state index contributed by atoms with van der Waals surface area (Å²) in [5, 5.41) is 15.8. The van der Waals surface area contributed by atoms with Gasteiger partial charge in [0.1, 0.15) is 5.69 Å². The molecule has 2 N–H and O–H groups in total. The van der Waals surface area contributed by atoms with Gasteiger partial charge in [-0.3, -0.25) is 24.5 Å². The maximum atomic E-state index is 12.2. The molecule has 9 nitrogen and oxygen atoms in total. The molecule has 144 valence electrons. The number of hydrogen-bond donors (Lipinski definition) is 2. The zero-order valence-electron chi connectivity index (χ0n) is 15.1. The van der Waals surface area contributed by atoms with Crippen molar-refractivity contribution in [1.29, 1.82) is 0 Å². The number of nitro benzene ring substituents is 1. The third-order valence-electron chi connectivity index (χ3n) is 4.29. The standard InChI is InChI=1S/C19H18N4O5/c1-12-7-8-15(16(10-12)23(27)28)21-19(26)18(25)20-13-4-2-5-14(11-13)22-9-3-6-17(22)24/h2,4-5,7-8,10-11H,3,6,9H2,1H3,(H,20,25)(H,21,26). The summed E-state index contributed by atoms with van der Waals surface area (Å²) < 4.78 is 0. The van der Waals surface area contributed by atoms with E-state index in [0.717, 1.165) is 6.42 Å². The van der Waals surface area contributed by atoms with E-state index in [-0.39, 0.29) is 17.3 Å². The molecule has 3 rings (SSSR count). The van der Waals surface area contributed by atoms with Crippen LogP contribution in [0.1, 0.15) is 18.4 Å². The molecule has 2 aromatic carbocycles. The molecule has 0 spiro atoms. The molecule has 28 heavy (non-hydrogen) atoms. The van der Waals surface area contributed by atoms with Crippen molar-refractivity contribution in [1.82, 2.24) is 0 Å². The highest BCUT2D eigenvalue weighted by atomic mass is 16.6. The summed E-state index contributed by atoms with van der Waals surface area (Å²) >= 11 is 0. The molecule has 2 aromatic rings. The van der Waals surface area contributed by atoms with E-state index < -0.39 is 16.7 Å². The highest BCUT2D eigenvalue weighted by Gasteiger charge is 2.23. The summed E-state index contributed by atoms with van der Waals surface area (Å²) in [5.41, 5.74) is 1.27. The van der Waals surface area contributed by atoms with Crippen LogP contribution in [0.4, 0.5) is 22.7 Å². The fourth-order valence-corrected chi connectivity index (χ4v) is 2.94. The quantitative estimate of drug-likeness (QED) is 0.478. The topological polar surface area (TPSA) is 122 Å². The van der Waals surface area contributed by atoms with Crippen LogP contribution >= 0.6 is 0 Å². The first-order valence-electron chi connectivity index (χ1n) is 8.63. The molecule has 1 aliphatic heterocycles. The predicted octanol–water partition coefficient (Wildman–Crippen LogP) is 2.61. The first kappa shape index (κ1) is 19.0. The first-order chi connectivity index (χ1) is 13.3. The molecule has 1 aliphatic rings. The lowest BCUT2D eigenvalue weighted by molar-refractivity contribution is -0.384. The number of nitrogens with one attached hydrogen (secondary N) is 2. The van der Waals surface area contributed by atoms with Crippen LogP contribution in [0, 0.1) is 17.0 Å². The highest BCUT2D eigenvalue weighted by Crippen LogP contribution is 2.26. The Morgan fingerprint density at radius 1 is 1.11 bits per heavy atom. The van der Waals surface area contributed by atoms with Gasteiger partial charge in [-0.05, 0) is 43.2 Å². The molecule has 1 heterocycles. The summed E-state index contributed by atoms with van der Waals surface area (Å²) in [7, 11) is 0. The Hall–Kier alpha value is -3.75. The van der Waals surface area contributed by atoms with Gasteiger partial charge in [0.2, 0.25) is 5.91 Å². The van der Waals surface area contributed by atoms with E-state index in [1.54, 1.807) is 42.2 Å². The average molecular weight is 382 g/mol. The van der Waals surface area contributed by atoms with Gasteiger partial charge in [-0.25, -0.2) is 0 Å². The third kappa shape index (κ3) is 4.14. The number of anilines is 3. The van der Waals surface area contributed by atoms with Gasteiger partial charge in [0.25, 0.3) is 5.69 Å². The smallest absolute Gasteiger partial charge is 0.314 e. The van der Waals surface area contributed by atoms with Gasteiger partial charge in [0.15, 0.2) is 0 Å². The van der Waals surface area contributed by atoms with Crippen molar-refractivity contribution in [3.05, 3.63) is 58.1 Å². The molecule has 1 saturated heterocycles. The number of amides is 3. The van der Waals surface area contributed by atoms with E-state index in [4.69, 9.17) is 0 Å². The van der Waals surface area contributed by atoms with E-state index in [0.29, 0.717) is 29.9 Å². The van der Waals surface area contributed by atoms with Crippen LogP contribution in [0.3, 0.4) is 0 Å². The molecular formula is C19H18N4O5. The van der Waals surface area contributed by atoms with Gasteiger partial charge in [0.05, 0.1) is 4.92 Å². The van der Waals surface area contributed by atoms with Gasteiger partial charge >= 0.3 is 11.8 Å². The third-order valence-corrected chi connectivity index (χ3v) is 4.29. The SMILES string of the molecule is Cc1ccc(NC(=O)C(=O)Nc2cccc(N3CCCC3=O)c2)c([N+](=O)[O-])c1. The van der Waals surface area contributed by atoms with Crippen LogP contribution in [0.25, 0.3) is 0 Å². The molecule has 9 heteroatoms. The normalized spacial score (nSPS) is 13.3. The Labute approximate surface area is 160 Å². The Kier molecular flexibility index (Phi) is 5.35. The van der Waals surface area contributed by atoms with Gasteiger partial charge in [0, 0.05) is 30.4 Å². The van der Waals surface area contributed by atoms with Crippen LogP contribution in [-0.4, -0.2) is 29.2 Å². The zero-order valence-corrected chi connectivity index (χ0v) is 15.1. The fraction of sp³-hybridized carbons (Fsp3) is 0.211. The summed E-state index contributed by atoms with van der Waals surface area (Å²) in [5.74, 6) is -2.00. The van der Waals surface area contributed by atoms with Crippen molar-refractivity contribution in [3.8, 4) is 0 Å². The van der Waals surface area contributed by atoms with Crippen molar-refractivity contribution in [2.75, 3.05) is 22.1 Å². The van der Waals surface area contributed by atoms with Crippen molar-refractivity contribution in [3.63, 3.8) is 0 Å². The van der Waals surface area contributed by atoms with Crippen LogP contribution in [0.5, 0.6) is 0 Å². The van der Waals surface area contributed by atoms with Gasteiger partial charge in [-0.2, -0.15) is 0 Å². The second-order valence-electron chi connectivity index (χ2n) is 6.39.